The predicted molar refractivity (Wildman–Crippen MR) is 118 cm³/mol. The number of sulfonamides is 1. The summed E-state index contributed by atoms with van der Waals surface area (Å²) >= 11 is 0.877. The van der Waals surface area contributed by atoms with Crippen LogP contribution < -0.4 is 9.62 Å². The third-order valence-corrected chi connectivity index (χ3v) is 7.54. The zero-order valence-electron chi connectivity index (χ0n) is 18.4. The van der Waals surface area contributed by atoms with Gasteiger partial charge in [-0.05, 0) is 31.5 Å². The Balaban J connectivity index is 2.07. The van der Waals surface area contributed by atoms with Gasteiger partial charge in [0, 0.05) is 24.2 Å². The fourth-order valence-corrected chi connectivity index (χ4v) is 4.57. The van der Waals surface area contributed by atoms with Crippen LogP contribution in [0.3, 0.4) is 0 Å². The number of fused-ring (bicyclic) bond motifs is 1. The fraction of sp³-hybridized carbons (Fsp3) is 0.474. The quantitative estimate of drug-likeness (QED) is 0.431. The number of rotatable bonds is 6. The summed E-state index contributed by atoms with van der Waals surface area (Å²) in [5.74, 6) is -0.591. The summed E-state index contributed by atoms with van der Waals surface area (Å²) < 4.78 is 69.0. The summed E-state index contributed by atoms with van der Waals surface area (Å²) in [6, 6.07) is 2.80. The second-order valence-electron chi connectivity index (χ2n) is 7.87. The Hall–Kier alpha value is -2.74. The highest BCUT2D eigenvalue weighted by Gasteiger charge is 2.47. The van der Waals surface area contributed by atoms with Gasteiger partial charge in [0.15, 0.2) is 0 Å². The Morgan fingerprint density at radius 2 is 2.00 bits per heavy atom. The molecule has 1 aliphatic rings. The van der Waals surface area contributed by atoms with Gasteiger partial charge in [-0.3, -0.25) is 4.72 Å². The van der Waals surface area contributed by atoms with Crippen molar-refractivity contribution in [3.8, 4) is 0 Å². The monoisotopic (exact) mass is 505 g/mol. The molecule has 1 unspecified atom stereocenters. The Morgan fingerprint density at radius 1 is 1.33 bits per heavy atom. The molecule has 180 valence electrons. The Kier molecular flexibility index (Phi) is 6.45. The number of aromatic nitrogens is 1. The van der Waals surface area contributed by atoms with Crippen molar-refractivity contribution in [1.29, 1.82) is 0 Å². The van der Waals surface area contributed by atoms with Crippen molar-refractivity contribution in [2.75, 3.05) is 23.3 Å². The highest BCUT2D eigenvalue weighted by atomic mass is 32.2. The number of benzene rings is 1. The van der Waals surface area contributed by atoms with E-state index in [1.807, 2.05) is 25.7 Å². The van der Waals surface area contributed by atoms with Crippen molar-refractivity contribution in [3.63, 3.8) is 0 Å². The Bertz CT molecular complexity index is 1210. The van der Waals surface area contributed by atoms with Gasteiger partial charge in [0.1, 0.15) is 10.6 Å². The number of halogens is 3. The third-order valence-electron chi connectivity index (χ3n) is 5.58. The molecule has 0 radical (unpaired) electrons. The van der Waals surface area contributed by atoms with E-state index in [0.717, 1.165) is 16.9 Å². The Morgan fingerprint density at radius 3 is 2.61 bits per heavy atom. The van der Waals surface area contributed by atoms with Gasteiger partial charge in [-0.1, -0.05) is 25.2 Å². The molecule has 1 N–H and O–H groups in total. The predicted octanol–water partition coefficient (Wildman–Crippen LogP) is 5.11. The average molecular weight is 506 g/mol. The van der Waals surface area contributed by atoms with E-state index in [0.29, 0.717) is 5.69 Å². The number of hydrogen-bond donors (Lipinski definition) is 1. The minimum absolute atomic E-state index is 0.0159. The molecule has 2 heterocycles. The lowest BCUT2D eigenvalue weighted by molar-refractivity contribution is -0.0429. The number of esters is 1. The summed E-state index contributed by atoms with van der Waals surface area (Å²) in [6.45, 7) is 7.71. The first-order chi connectivity index (χ1) is 15.2. The van der Waals surface area contributed by atoms with Crippen LogP contribution in [0.2, 0.25) is 0 Å². The number of alkyl halides is 3. The van der Waals surface area contributed by atoms with Gasteiger partial charge in [0.05, 0.1) is 18.5 Å². The average Bonchev–Trinajstić information content (AvgIpc) is 3.24. The van der Waals surface area contributed by atoms with Crippen LogP contribution in [0.15, 0.2) is 28.6 Å². The topological polar surface area (TPSA) is 113 Å². The number of likely N-dealkylation sites (N-methyl/N-ethyl adjacent to an activating group) is 1. The van der Waals surface area contributed by atoms with Crippen LogP contribution in [0, 0.1) is 0 Å². The van der Waals surface area contributed by atoms with Gasteiger partial charge < -0.3 is 9.64 Å². The molecule has 0 amide bonds. The summed E-state index contributed by atoms with van der Waals surface area (Å²) in [4.78, 5) is 17.8. The zero-order chi connectivity index (χ0) is 24.8. The van der Waals surface area contributed by atoms with Crippen molar-refractivity contribution in [3.05, 3.63) is 28.8 Å². The minimum Gasteiger partial charge on any atom is -0.462 e. The zero-order valence-corrected chi connectivity index (χ0v) is 20.0. The van der Waals surface area contributed by atoms with Crippen LogP contribution in [-0.4, -0.2) is 44.6 Å². The van der Waals surface area contributed by atoms with E-state index < -0.39 is 26.9 Å². The van der Waals surface area contributed by atoms with Crippen LogP contribution >= 0.6 is 11.3 Å². The first-order valence-electron chi connectivity index (χ1n) is 9.74. The molecule has 1 aromatic carbocycles. The first-order valence-corrected chi connectivity index (χ1v) is 12.0. The molecule has 1 aromatic heterocycles. The maximum atomic E-state index is 13.0. The molecule has 0 fully saturated rings. The maximum absolute atomic E-state index is 13.0. The van der Waals surface area contributed by atoms with Crippen LogP contribution in [0.25, 0.3) is 0 Å². The molecule has 3 rings (SSSR count). The Labute approximate surface area is 192 Å². The molecule has 1 atom stereocenters. The van der Waals surface area contributed by atoms with Crippen molar-refractivity contribution < 1.29 is 31.1 Å². The highest BCUT2D eigenvalue weighted by Crippen LogP contribution is 2.48. The summed E-state index contributed by atoms with van der Waals surface area (Å²) in [5, 5.41) is 7.91. The second kappa shape index (κ2) is 8.56. The number of anilines is 2. The molecule has 0 saturated carbocycles. The molecule has 0 spiro atoms. The van der Waals surface area contributed by atoms with Gasteiger partial charge in [0.25, 0.3) is 0 Å². The summed E-state index contributed by atoms with van der Waals surface area (Å²) in [5.41, 5.74) is -5.06. The van der Waals surface area contributed by atoms with Crippen molar-refractivity contribution in [2.45, 2.75) is 44.7 Å². The van der Waals surface area contributed by atoms with E-state index in [9.17, 15) is 26.4 Å². The molecule has 33 heavy (non-hydrogen) atoms. The minimum atomic E-state index is -5.69. The van der Waals surface area contributed by atoms with Gasteiger partial charge in [-0.15, -0.1) is 10.2 Å². The fourth-order valence-electron chi connectivity index (χ4n) is 3.37. The number of azo groups is 1. The normalized spacial score (nSPS) is 17.9. The van der Waals surface area contributed by atoms with Crippen molar-refractivity contribution >= 4 is 49.5 Å². The summed E-state index contributed by atoms with van der Waals surface area (Å²) in [7, 11) is -3.92. The lowest BCUT2D eigenvalue weighted by Crippen LogP contribution is -2.36. The molecule has 1 aliphatic heterocycles. The van der Waals surface area contributed by atoms with Crippen molar-refractivity contribution in [1.82, 2.24) is 4.98 Å². The highest BCUT2D eigenvalue weighted by molar-refractivity contribution is 7.93. The number of nitrogens with one attached hydrogen (secondary N) is 1. The standard InChI is InChI=1S/C19H22F3N5O4S2/c1-6-31-16(28)15-9-23-17(32-15)25-24-12-7-11-14(27(5)10(2)18(11,3)4)8-13(12)26-33(29,30)19(20,21)22/h7-10,26H,6H2,1-5H3. The van der Waals surface area contributed by atoms with Crippen LogP contribution in [-0.2, 0) is 20.2 Å². The largest absolute Gasteiger partial charge is 0.516 e. The molecule has 0 aliphatic carbocycles. The maximum Gasteiger partial charge on any atom is 0.516 e. The van der Waals surface area contributed by atoms with Crippen LogP contribution in [0.5, 0.6) is 0 Å². The molecule has 0 bridgehead atoms. The molecule has 2 aromatic rings. The second-order valence-corrected chi connectivity index (χ2v) is 10.6. The number of ether oxygens (including phenoxy) is 1. The number of nitrogens with zero attached hydrogens (tertiary/aromatic N) is 4. The smallest absolute Gasteiger partial charge is 0.462 e. The summed E-state index contributed by atoms with van der Waals surface area (Å²) in [6.07, 6.45) is 1.24. The number of carbonyl (C=O) groups excluding carboxylic acids is 1. The molecule has 9 nitrogen and oxygen atoms in total. The van der Waals surface area contributed by atoms with Gasteiger partial charge in [-0.25, -0.2) is 9.78 Å². The van der Waals surface area contributed by atoms with E-state index in [-0.39, 0.29) is 34.0 Å². The van der Waals surface area contributed by atoms with Gasteiger partial charge in [-0.2, -0.15) is 21.6 Å². The first kappa shape index (κ1) is 24.9. The lowest BCUT2D eigenvalue weighted by atomic mass is 9.81. The molecule has 14 heteroatoms. The van der Waals surface area contributed by atoms with E-state index in [2.05, 4.69) is 15.2 Å². The van der Waals surface area contributed by atoms with Gasteiger partial charge >= 0.3 is 21.5 Å². The third kappa shape index (κ3) is 4.67. The number of hydrogen-bond acceptors (Lipinski definition) is 9. The van der Waals surface area contributed by atoms with E-state index in [4.69, 9.17) is 4.74 Å². The van der Waals surface area contributed by atoms with Crippen LogP contribution in [0.4, 0.5) is 35.4 Å². The lowest BCUT2D eigenvalue weighted by Gasteiger charge is -2.28. The molecular weight excluding hydrogens is 483 g/mol. The number of carbonyl (C=O) groups is 1. The van der Waals surface area contributed by atoms with Crippen molar-refractivity contribution in [2.24, 2.45) is 10.2 Å². The van der Waals surface area contributed by atoms with Gasteiger partial charge in [0.2, 0.25) is 5.13 Å². The SMILES string of the molecule is CCOC(=O)c1cnc(N=Nc2cc3c(cc2NS(=O)(=O)C(F)(F)F)N(C)C(C)C3(C)C)s1. The molecular formula is C19H22F3N5O4S2. The van der Waals surface area contributed by atoms with E-state index >= 15 is 0 Å². The number of thiazole rings is 1. The van der Waals surface area contributed by atoms with Crippen LogP contribution in [0.1, 0.15) is 42.9 Å². The molecule has 0 saturated heterocycles. The van der Waals surface area contributed by atoms with E-state index in [1.165, 1.54) is 18.3 Å². The van der Waals surface area contributed by atoms with E-state index in [1.54, 1.807) is 18.7 Å².